The molecule has 0 radical (unpaired) electrons. The van der Waals surface area contributed by atoms with E-state index >= 15 is 0 Å². The number of rotatable bonds is 6. The summed E-state index contributed by atoms with van der Waals surface area (Å²) in [6.45, 7) is -0.174. The van der Waals surface area contributed by atoms with Gasteiger partial charge >= 0.3 is 30.1 Å². The monoisotopic (exact) mass is 328 g/mol. The Morgan fingerprint density at radius 3 is 1.35 bits per heavy atom. The van der Waals surface area contributed by atoms with E-state index in [2.05, 4.69) is 4.74 Å². The maximum Gasteiger partial charge on any atom is 0.460 e. The van der Waals surface area contributed by atoms with Gasteiger partial charge in [-0.3, -0.25) is 0 Å². The van der Waals surface area contributed by atoms with Gasteiger partial charge in [0.2, 0.25) is 0 Å². The molecule has 0 aliphatic heterocycles. The molecule has 0 saturated heterocycles. The van der Waals surface area contributed by atoms with Crippen molar-refractivity contribution in [3.63, 3.8) is 0 Å². The first kappa shape index (κ1) is 19.2. The van der Waals surface area contributed by atoms with Crippen molar-refractivity contribution >= 4 is 0 Å². The highest BCUT2D eigenvalue weighted by Crippen LogP contribution is 2.57. The molecule has 0 fully saturated rings. The van der Waals surface area contributed by atoms with E-state index in [0.717, 1.165) is 6.92 Å². The maximum atomic E-state index is 12.7. The first-order valence-electron chi connectivity index (χ1n) is 4.78. The summed E-state index contributed by atoms with van der Waals surface area (Å²) in [6.07, 6.45) is -13.8. The van der Waals surface area contributed by atoms with Gasteiger partial charge in [0.1, 0.15) is 0 Å². The first-order chi connectivity index (χ1) is 8.56. The van der Waals surface area contributed by atoms with Crippen LogP contribution in [0.4, 0.5) is 48.3 Å². The van der Waals surface area contributed by atoms with Gasteiger partial charge in [-0.1, -0.05) is 6.92 Å². The summed E-state index contributed by atoms with van der Waals surface area (Å²) in [6, 6.07) is 0. The molecule has 0 amide bonds. The number of hydrogen-bond donors (Lipinski definition) is 0. The number of halogens is 11. The molecule has 0 saturated carbocycles. The zero-order valence-electron chi connectivity index (χ0n) is 9.48. The molecule has 0 aromatic heterocycles. The highest BCUT2D eigenvalue weighted by atomic mass is 19.4. The summed E-state index contributed by atoms with van der Waals surface area (Å²) in [4.78, 5) is 0. The average molecular weight is 328 g/mol. The van der Waals surface area contributed by atoms with Crippen LogP contribution in [0.5, 0.6) is 0 Å². The highest BCUT2D eigenvalue weighted by molar-refractivity contribution is 5.03. The van der Waals surface area contributed by atoms with Gasteiger partial charge in [-0.2, -0.15) is 48.3 Å². The number of hydrogen-bond acceptors (Lipinski definition) is 1. The van der Waals surface area contributed by atoms with Gasteiger partial charge in [0, 0.05) is 0 Å². The van der Waals surface area contributed by atoms with Crippen molar-refractivity contribution in [3.05, 3.63) is 0 Å². The van der Waals surface area contributed by atoms with Gasteiger partial charge in [0.05, 0.1) is 6.61 Å². The lowest BCUT2D eigenvalue weighted by Gasteiger charge is -2.36. The smallest absolute Gasteiger partial charge is 0.316 e. The third kappa shape index (κ3) is 2.79. The Bertz CT molecular complexity index is 332. The van der Waals surface area contributed by atoms with Crippen molar-refractivity contribution in [2.75, 3.05) is 6.61 Å². The van der Waals surface area contributed by atoms with Gasteiger partial charge in [-0.05, 0) is 6.42 Å². The van der Waals surface area contributed by atoms with E-state index in [1.807, 2.05) is 0 Å². The van der Waals surface area contributed by atoms with E-state index in [1.54, 1.807) is 0 Å². The van der Waals surface area contributed by atoms with Crippen LogP contribution in [0.3, 0.4) is 0 Å². The third-order valence-electron chi connectivity index (χ3n) is 2.00. The molecular weight excluding hydrogens is 321 g/mol. The van der Waals surface area contributed by atoms with Crippen molar-refractivity contribution in [2.24, 2.45) is 0 Å². The minimum absolute atomic E-state index is 0.396. The molecule has 0 unspecified atom stereocenters. The van der Waals surface area contributed by atoms with E-state index in [4.69, 9.17) is 0 Å². The van der Waals surface area contributed by atoms with E-state index in [9.17, 15) is 48.3 Å². The lowest BCUT2D eigenvalue weighted by atomic mass is 10.0. The summed E-state index contributed by atoms with van der Waals surface area (Å²) >= 11 is 0. The van der Waals surface area contributed by atoms with Crippen LogP contribution in [-0.4, -0.2) is 36.7 Å². The predicted molar refractivity (Wildman–Crippen MR) is 42.1 cm³/mol. The summed E-state index contributed by atoms with van der Waals surface area (Å²) in [7, 11) is 0. The molecule has 20 heavy (non-hydrogen) atoms. The molecule has 0 atom stereocenters. The molecule has 0 rings (SSSR count). The van der Waals surface area contributed by atoms with E-state index in [0.29, 0.717) is 0 Å². The molecular formula is C8H7F11O. The standard InChI is InChI=1S/C8H7F11O/c1-2-3-20-8(18,19)6(13,14)4(9,10)5(11,12)7(15,16)17/h2-3H2,1H3. The summed E-state index contributed by atoms with van der Waals surface area (Å²) in [5.41, 5.74) is 0. The Morgan fingerprint density at radius 2 is 1.05 bits per heavy atom. The molecule has 0 aliphatic carbocycles. The quantitative estimate of drug-likeness (QED) is 0.654. The molecule has 0 aliphatic rings. The second-order valence-electron chi connectivity index (χ2n) is 3.59. The van der Waals surface area contributed by atoms with E-state index in [-0.39, 0.29) is 0 Å². The van der Waals surface area contributed by atoms with Crippen LogP contribution in [0.2, 0.25) is 0 Å². The Kier molecular flexibility index (Phi) is 4.98. The molecule has 0 aromatic carbocycles. The summed E-state index contributed by atoms with van der Waals surface area (Å²) < 4.78 is 139. The molecule has 122 valence electrons. The van der Waals surface area contributed by atoms with Crippen molar-refractivity contribution < 1.29 is 53.0 Å². The number of ether oxygens (including phenoxy) is 1. The van der Waals surface area contributed by atoms with Crippen LogP contribution < -0.4 is 0 Å². The third-order valence-corrected chi connectivity index (χ3v) is 2.00. The van der Waals surface area contributed by atoms with Crippen molar-refractivity contribution in [1.29, 1.82) is 0 Å². The highest BCUT2D eigenvalue weighted by Gasteiger charge is 2.87. The van der Waals surface area contributed by atoms with Gasteiger partial charge in [-0.15, -0.1) is 0 Å². The van der Waals surface area contributed by atoms with E-state index < -0.39 is 43.1 Å². The number of alkyl halides is 11. The zero-order chi connectivity index (χ0) is 16.6. The second kappa shape index (κ2) is 5.19. The second-order valence-corrected chi connectivity index (χ2v) is 3.59. The summed E-state index contributed by atoms with van der Waals surface area (Å²) in [5, 5.41) is 0. The van der Waals surface area contributed by atoms with Crippen LogP contribution in [0.15, 0.2) is 0 Å². The van der Waals surface area contributed by atoms with E-state index in [1.165, 1.54) is 0 Å². The molecule has 0 heterocycles. The normalized spacial score (nSPS) is 15.6. The minimum atomic E-state index is -7.41. The van der Waals surface area contributed by atoms with Crippen molar-refractivity contribution in [1.82, 2.24) is 0 Å². The summed E-state index contributed by atoms with van der Waals surface area (Å²) in [5.74, 6) is -21.9. The Hall–Kier alpha value is -0.810. The largest absolute Gasteiger partial charge is 0.460 e. The zero-order valence-corrected chi connectivity index (χ0v) is 9.48. The fourth-order valence-electron chi connectivity index (χ4n) is 0.879. The van der Waals surface area contributed by atoms with Crippen LogP contribution in [0.25, 0.3) is 0 Å². The SMILES string of the molecule is CCCOC(F)(F)C(F)(F)C(F)(F)C(F)(F)C(F)(F)F. The fraction of sp³-hybridized carbons (Fsp3) is 1.00. The molecule has 0 aromatic rings. The Balaban J connectivity index is 5.68. The van der Waals surface area contributed by atoms with Crippen molar-refractivity contribution in [2.45, 2.75) is 43.4 Å². The molecule has 0 bridgehead atoms. The Labute approximate surface area is 104 Å². The molecule has 0 spiro atoms. The lowest BCUT2D eigenvalue weighted by molar-refractivity contribution is -0.456. The molecule has 1 nitrogen and oxygen atoms in total. The maximum absolute atomic E-state index is 12.7. The predicted octanol–water partition coefficient (Wildman–Crippen LogP) is 4.47. The van der Waals surface area contributed by atoms with Gasteiger partial charge in [-0.25, -0.2) is 0 Å². The van der Waals surface area contributed by atoms with Crippen molar-refractivity contribution in [3.8, 4) is 0 Å². The first-order valence-corrected chi connectivity index (χ1v) is 4.78. The fourth-order valence-corrected chi connectivity index (χ4v) is 0.879. The lowest BCUT2D eigenvalue weighted by Crippen LogP contribution is -2.66. The van der Waals surface area contributed by atoms with Gasteiger partial charge in [0.25, 0.3) is 0 Å². The van der Waals surface area contributed by atoms with Crippen LogP contribution >= 0.6 is 0 Å². The topological polar surface area (TPSA) is 9.23 Å². The average Bonchev–Trinajstić information content (AvgIpc) is 2.24. The Morgan fingerprint density at radius 1 is 0.650 bits per heavy atom. The van der Waals surface area contributed by atoms with Gasteiger partial charge in [0.15, 0.2) is 0 Å². The van der Waals surface area contributed by atoms with Crippen LogP contribution in [0, 0.1) is 0 Å². The minimum Gasteiger partial charge on any atom is -0.316 e. The molecule has 12 heteroatoms. The molecule has 0 N–H and O–H groups in total. The van der Waals surface area contributed by atoms with Crippen LogP contribution in [0.1, 0.15) is 13.3 Å². The van der Waals surface area contributed by atoms with Crippen LogP contribution in [-0.2, 0) is 4.74 Å². The van der Waals surface area contributed by atoms with Gasteiger partial charge < -0.3 is 4.74 Å².